The Morgan fingerprint density at radius 1 is 0.920 bits per heavy atom. The van der Waals surface area contributed by atoms with E-state index in [0.717, 1.165) is 0 Å². The van der Waals surface area contributed by atoms with Crippen molar-refractivity contribution < 1.29 is 28.2 Å². The molecular weight excluding hydrogens is 483 g/mol. The molecule has 0 spiro atoms. The molecule has 0 aliphatic heterocycles. The summed E-state index contributed by atoms with van der Waals surface area (Å²) in [6, 6.07) is 0. The minimum Gasteiger partial charge on any atom is -0.444 e. The molecule has 25 heavy (non-hydrogen) atoms. The van der Waals surface area contributed by atoms with Gasteiger partial charge in [-0.1, -0.05) is 31.9 Å². The number of alkyl halides is 2. The topological polar surface area (TPSA) is 103 Å². The molecule has 0 aliphatic rings. The molecule has 0 aromatic heterocycles. The Morgan fingerprint density at radius 3 is 1.48 bits per heavy atom. The highest BCUT2D eigenvalue weighted by atomic mass is 79.9. The van der Waals surface area contributed by atoms with Crippen LogP contribution in [0.2, 0.25) is 0 Å². The predicted octanol–water partition coefficient (Wildman–Crippen LogP) is 4.71. The molecule has 0 saturated carbocycles. The molecule has 2 unspecified atom stereocenters. The van der Waals surface area contributed by atoms with Gasteiger partial charge in [-0.3, -0.25) is 15.2 Å². The number of carbonyl (C=O) groups excluding carboxylic acids is 2. The highest BCUT2D eigenvalue weighted by molar-refractivity contribution is 9.12. The lowest BCUT2D eigenvalue weighted by atomic mass is 10.2. The first-order valence-corrected chi connectivity index (χ1v) is 11.2. The second kappa shape index (κ2) is 9.58. The molecule has 2 amide bonds. The third-order valence-electron chi connectivity index (χ3n) is 2.23. The molecule has 0 rings (SSSR count). The monoisotopic (exact) mass is 508 g/mol. The van der Waals surface area contributed by atoms with Gasteiger partial charge >= 0.3 is 12.2 Å². The van der Waals surface area contributed by atoms with Gasteiger partial charge in [0.2, 0.25) is 0 Å². The maximum Gasteiger partial charge on any atom is 0.408 e. The number of ether oxygens (including phenoxy) is 2. The fourth-order valence-corrected chi connectivity index (χ4v) is 6.36. The van der Waals surface area contributed by atoms with Crippen LogP contribution in [0.25, 0.3) is 0 Å². The van der Waals surface area contributed by atoms with E-state index in [-0.39, 0.29) is 6.61 Å². The van der Waals surface area contributed by atoms with Crippen molar-refractivity contribution in [2.75, 3.05) is 6.61 Å². The van der Waals surface area contributed by atoms with E-state index in [2.05, 4.69) is 42.5 Å². The molecule has 0 bridgehead atoms. The van der Waals surface area contributed by atoms with Crippen LogP contribution in [0.3, 0.4) is 0 Å². The Morgan fingerprint density at radius 2 is 1.24 bits per heavy atom. The molecule has 0 fully saturated rings. The van der Waals surface area contributed by atoms with Crippen molar-refractivity contribution in [2.24, 2.45) is 0 Å². The molecule has 2 N–H and O–H groups in total. The van der Waals surface area contributed by atoms with Gasteiger partial charge in [-0.05, 0) is 48.5 Å². The number of rotatable bonds is 6. The van der Waals surface area contributed by atoms with E-state index < -0.39 is 40.1 Å². The van der Waals surface area contributed by atoms with Crippen LogP contribution in [0.4, 0.5) is 9.59 Å². The first kappa shape index (κ1) is 24.7. The van der Waals surface area contributed by atoms with Crippen LogP contribution >= 0.6 is 39.2 Å². The molecule has 2 atom stereocenters. The van der Waals surface area contributed by atoms with Crippen molar-refractivity contribution >= 4 is 51.4 Å². The van der Waals surface area contributed by atoms with Crippen LogP contribution in [-0.4, -0.2) is 39.4 Å². The van der Waals surface area contributed by atoms with Gasteiger partial charge in [-0.25, -0.2) is 9.59 Å². The zero-order valence-electron chi connectivity index (χ0n) is 15.5. The number of hydrogen-bond donors (Lipinski definition) is 2. The summed E-state index contributed by atoms with van der Waals surface area (Å²) < 4.78 is 26.6. The van der Waals surface area contributed by atoms with Gasteiger partial charge in [0.25, 0.3) is 7.37 Å². The first-order valence-electron chi connectivity index (χ1n) is 7.62. The summed E-state index contributed by atoms with van der Waals surface area (Å²) in [5.41, 5.74) is -1.43. The highest BCUT2D eigenvalue weighted by Gasteiger charge is 2.42. The summed E-state index contributed by atoms with van der Waals surface area (Å²) >= 11 is 6.28. The van der Waals surface area contributed by atoms with Gasteiger partial charge in [0.05, 0.1) is 6.61 Å². The van der Waals surface area contributed by atoms with Gasteiger partial charge in [-0.15, -0.1) is 0 Å². The van der Waals surface area contributed by atoms with Gasteiger partial charge in [0, 0.05) is 0 Å². The maximum atomic E-state index is 13.2. The fraction of sp³-hybridized carbons (Fsp3) is 0.857. The third-order valence-corrected chi connectivity index (χ3v) is 8.30. The summed E-state index contributed by atoms with van der Waals surface area (Å²) in [6.07, 6.45) is -1.54. The number of carbonyl (C=O) groups is 2. The highest BCUT2D eigenvalue weighted by Crippen LogP contribution is 2.58. The summed E-state index contributed by atoms with van der Waals surface area (Å²) in [4.78, 5) is 23.8. The molecule has 0 aromatic rings. The minimum absolute atomic E-state index is 0.105. The van der Waals surface area contributed by atoms with Crippen LogP contribution in [0.1, 0.15) is 48.5 Å². The molecule has 0 heterocycles. The number of amides is 2. The molecule has 0 radical (unpaired) electrons. The van der Waals surface area contributed by atoms with Gasteiger partial charge in [-0.2, -0.15) is 0 Å². The second-order valence-corrected chi connectivity index (χ2v) is 12.9. The predicted molar refractivity (Wildman–Crippen MR) is 103 cm³/mol. The van der Waals surface area contributed by atoms with Crippen LogP contribution in [0.15, 0.2) is 0 Å². The maximum absolute atomic E-state index is 13.2. The lowest BCUT2D eigenvalue weighted by molar-refractivity contribution is 0.0527. The number of nitrogens with one attached hydrogen (secondary N) is 2. The van der Waals surface area contributed by atoms with Crippen molar-refractivity contribution in [1.29, 1.82) is 0 Å². The Kier molecular flexibility index (Phi) is 9.46. The largest absolute Gasteiger partial charge is 0.444 e. The molecule has 0 aliphatic carbocycles. The van der Waals surface area contributed by atoms with Crippen LogP contribution < -0.4 is 10.6 Å². The zero-order chi connectivity index (χ0) is 20.1. The van der Waals surface area contributed by atoms with Crippen molar-refractivity contribution in [1.82, 2.24) is 10.6 Å². The van der Waals surface area contributed by atoms with Crippen molar-refractivity contribution in [2.45, 2.75) is 69.1 Å². The van der Waals surface area contributed by atoms with Crippen molar-refractivity contribution in [3.8, 4) is 0 Å². The van der Waals surface area contributed by atoms with Crippen LogP contribution in [0, 0.1) is 0 Å². The summed E-state index contributed by atoms with van der Waals surface area (Å²) in [6.45, 7) is 12.0. The normalized spacial score (nSPS) is 17.0. The van der Waals surface area contributed by atoms with E-state index in [1.54, 1.807) is 48.5 Å². The molecule has 0 saturated heterocycles. The lowest BCUT2D eigenvalue weighted by Gasteiger charge is -2.29. The Balaban J connectivity index is 5.10. The van der Waals surface area contributed by atoms with E-state index in [0.29, 0.717) is 0 Å². The summed E-state index contributed by atoms with van der Waals surface area (Å²) in [5, 5.41) is 4.82. The van der Waals surface area contributed by atoms with Crippen molar-refractivity contribution in [3.05, 3.63) is 0 Å². The van der Waals surface area contributed by atoms with E-state index in [9.17, 15) is 14.2 Å². The Hall–Kier alpha value is -0.310. The smallest absolute Gasteiger partial charge is 0.408 e. The molecule has 8 nitrogen and oxygen atoms in total. The standard InChI is InChI=1S/C14H27Br2N2O6P/c1-8-22-25(21,9(15)17-11(19)23-13(2,3)4)10(16)18-12(20)24-14(5,6)7/h9-10H,8H2,1-7H3,(H,17,19)(H,18,20). The Bertz CT molecular complexity index is 478. The van der Waals surface area contributed by atoms with E-state index >= 15 is 0 Å². The SMILES string of the molecule is CCOP(=O)(C(Br)NC(=O)OC(C)(C)C)C(Br)NC(=O)OC(C)(C)C. The fourth-order valence-electron chi connectivity index (χ4n) is 1.44. The van der Waals surface area contributed by atoms with E-state index in [4.69, 9.17) is 14.0 Å². The third kappa shape index (κ3) is 9.82. The molecule has 148 valence electrons. The minimum atomic E-state index is -3.63. The average molecular weight is 510 g/mol. The Labute approximate surface area is 165 Å². The quantitative estimate of drug-likeness (QED) is 0.305. The van der Waals surface area contributed by atoms with Gasteiger partial charge in [0.1, 0.15) is 11.2 Å². The summed E-state index contributed by atoms with van der Waals surface area (Å²) in [5.74, 6) is 0. The van der Waals surface area contributed by atoms with E-state index in [1.165, 1.54) is 0 Å². The second-order valence-electron chi connectivity index (χ2n) is 7.03. The van der Waals surface area contributed by atoms with Crippen LogP contribution in [0.5, 0.6) is 0 Å². The van der Waals surface area contributed by atoms with Gasteiger partial charge in [0.15, 0.2) is 9.38 Å². The van der Waals surface area contributed by atoms with E-state index in [1.807, 2.05) is 0 Å². The number of halogens is 2. The van der Waals surface area contributed by atoms with Crippen LogP contribution in [-0.2, 0) is 18.6 Å². The lowest BCUT2D eigenvalue weighted by Crippen LogP contribution is -2.42. The van der Waals surface area contributed by atoms with Gasteiger partial charge < -0.3 is 14.0 Å². The number of hydrogen-bond acceptors (Lipinski definition) is 6. The first-order chi connectivity index (χ1) is 11.1. The van der Waals surface area contributed by atoms with Crippen molar-refractivity contribution in [3.63, 3.8) is 0 Å². The molecular formula is C14H27Br2N2O6P. The molecule has 0 aromatic carbocycles. The average Bonchev–Trinajstić information content (AvgIpc) is 2.33. The zero-order valence-corrected chi connectivity index (χ0v) is 19.6. The summed E-state index contributed by atoms with van der Waals surface area (Å²) in [7, 11) is -3.63. The molecule has 11 heteroatoms. The number of alkyl carbamates (subject to hydrolysis) is 2.